The number of benzene rings is 1. The van der Waals surface area contributed by atoms with Gasteiger partial charge in [-0.2, -0.15) is 0 Å². The van der Waals surface area contributed by atoms with Gasteiger partial charge < -0.3 is 20.3 Å². The molecule has 1 aliphatic heterocycles. The molecule has 0 spiro atoms. The maximum absolute atomic E-state index is 5.91. The monoisotopic (exact) mass is 305 g/mol. The Balaban J connectivity index is 2.11. The second-order valence-electron chi connectivity index (χ2n) is 6.02. The summed E-state index contributed by atoms with van der Waals surface area (Å²) in [6, 6.07) is 7.20. The maximum atomic E-state index is 5.91. The van der Waals surface area contributed by atoms with Gasteiger partial charge in [0, 0.05) is 32.2 Å². The van der Waals surface area contributed by atoms with Crippen LogP contribution in [-0.2, 0) is 6.54 Å². The zero-order valence-electron chi connectivity index (χ0n) is 14.3. The SMILES string of the molecule is CCOc1cc(CNC(C)CC)ccc1N1CCCNCC1. The number of hydrogen-bond acceptors (Lipinski definition) is 4. The lowest BCUT2D eigenvalue weighted by Gasteiger charge is -2.25. The van der Waals surface area contributed by atoms with Crippen molar-refractivity contribution in [1.82, 2.24) is 10.6 Å². The van der Waals surface area contributed by atoms with E-state index in [1.54, 1.807) is 0 Å². The molecule has 4 nitrogen and oxygen atoms in total. The Kier molecular flexibility index (Phi) is 7.00. The fourth-order valence-corrected chi connectivity index (χ4v) is 2.72. The molecular formula is C18H31N3O. The van der Waals surface area contributed by atoms with Gasteiger partial charge in [-0.3, -0.25) is 0 Å². The summed E-state index contributed by atoms with van der Waals surface area (Å²) >= 11 is 0. The molecule has 0 saturated carbocycles. The molecule has 1 fully saturated rings. The summed E-state index contributed by atoms with van der Waals surface area (Å²) in [7, 11) is 0. The predicted octanol–water partition coefficient (Wildman–Crippen LogP) is 2.77. The van der Waals surface area contributed by atoms with Crippen LogP contribution >= 0.6 is 0 Å². The number of hydrogen-bond donors (Lipinski definition) is 2. The van der Waals surface area contributed by atoms with E-state index in [1.165, 1.54) is 17.7 Å². The Bertz CT molecular complexity index is 442. The highest BCUT2D eigenvalue weighted by atomic mass is 16.5. The predicted molar refractivity (Wildman–Crippen MR) is 93.9 cm³/mol. The molecule has 1 heterocycles. The van der Waals surface area contributed by atoms with Crippen LogP contribution in [0.15, 0.2) is 18.2 Å². The van der Waals surface area contributed by atoms with Crippen LogP contribution in [-0.4, -0.2) is 38.8 Å². The van der Waals surface area contributed by atoms with Crippen LogP contribution in [0, 0.1) is 0 Å². The molecule has 2 rings (SSSR count). The molecule has 1 atom stereocenters. The van der Waals surface area contributed by atoms with E-state index in [4.69, 9.17) is 4.74 Å². The van der Waals surface area contributed by atoms with E-state index in [9.17, 15) is 0 Å². The van der Waals surface area contributed by atoms with Crippen molar-refractivity contribution in [3.63, 3.8) is 0 Å². The van der Waals surface area contributed by atoms with Gasteiger partial charge in [0.2, 0.25) is 0 Å². The molecule has 124 valence electrons. The molecular weight excluding hydrogens is 274 g/mol. The third-order valence-corrected chi connectivity index (χ3v) is 4.27. The summed E-state index contributed by atoms with van der Waals surface area (Å²) in [6.07, 6.45) is 2.33. The topological polar surface area (TPSA) is 36.5 Å². The van der Waals surface area contributed by atoms with Crippen LogP contribution in [0.2, 0.25) is 0 Å². The van der Waals surface area contributed by atoms with E-state index < -0.39 is 0 Å². The summed E-state index contributed by atoms with van der Waals surface area (Å²) in [6.45, 7) is 12.4. The molecule has 1 unspecified atom stereocenters. The van der Waals surface area contributed by atoms with Crippen LogP contribution in [0.1, 0.15) is 39.2 Å². The number of ether oxygens (including phenoxy) is 1. The van der Waals surface area contributed by atoms with Gasteiger partial charge in [0.1, 0.15) is 5.75 Å². The number of anilines is 1. The van der Waals surface area contributed by atoms with Gasteiger partial charge in [-0.05, 0) is 50.9 Å². The summed E-state index contributed by atoms with van der Waals surface area (Å²) < 4.78 is 5.91. The number of rotatable bonds is 7. The van der Waals surface area contributed by atoms with Crippen LogP contribution in [0.5, 0.6) is 5.75 Å². The molecule has 1 aromatic rings. The molecule has 0 aliphatic carbocycles. The Morgan fingerprint density at radius 1 is 1.27 bits per heavy atom. The minimum Gasteiger partial charge on any atom is -0.492 e. The molecule has 1 aliphatic rings. The van der Waals surface area contributed by atoms with Crippen molar-refractivity contribution in [3.8, 4) is 5.75 Å². The highest BCUT2D eigenvalue weighted by molar-refractivity contribution is 5.60. The van der Waals surface area contributed by atoms with Gasteiger partial charge in [-0.25, -0.2) is 0 Å². The zero-order chi connectivity index (χ0) is 15.8. The quantitative estimate of drug-likeness (QED) is 0.812. The van der Waals surface area contributed by atoms with Gasteiger partial charge in [0.15, 0.2) is 0 Å². The summed E-state index contributed by atoms with van der Waals surface area (Å²) in [5, 5.41) is 7.00. The first kappa shape index (κ1) is 17.1. The molecule has 0 bridgehead atoms. The normalized spacial score (nSPS) is 17.1. The lowest BCUT2D eigenvalue weighted by Crippen LogP contribution is -2.28. The van der Waals surface area contributed by atoms with Crippen molar-refractivity contribution >= 4 is 5.69 Å². The summed E-state index contributed by atoms with van der Waals surface area (Å²) in [4.78, 5) is 2.44. The molecule has 0 aromatic heterocycles. The summed E-state index contributed by atoms with van der Waals surface area (Å²) in [5.41, 5.74) is 2.53. The van der Waals surface area contributed by atoms with E-state index in [0.29, 0.717) is 12.6 Å². The van der Waals surface area contributed by atoms with Crippen molar-refractivity contribution < 1.29 is 4.74 Å². The fourth-order valence-electron chi connectivity index (χ4n) is 2.72. The van der Waals surface area contributed by atoms with E-state index in [0.717, 1.165) is 44.9 Å². The largest absolute Gasteiger partial charge is 0.492 e. The van der Waals surface area contributed by atoms with Crippen molar-refractivity contribution in [2.45, 2.75) is 46.2 Å². The van der Waals surface area contributed by atoms with Gasteiger partial charge in [-0.15, -0.1) is 0 Å². The number of nitrogens with one attached hydrogen (secondary N) is 2. The number of nitrogens with zero attached hydrogens (tertiary/aromatic N) is 1. The Labute approximate surface area is 135 Å². The minimum absolute atomic E-state index is 0.548. The average Bonchev–Trinajstić information content (AvgIpc) is 2.82. The second-order valence-corrected chi connectivity index (χ2v) is 6.02. The van der Waals surface area contributed by atoms with Gasteiger partial charge in [-0.1, -0.05) is 13.0 Å². The van der Waals surface area contributed by atoms with E-state index in [-0.39, 0.29) is 0 Å². The first-order chi connectivity index (χ1) is 10.7. The first-order valence-electron chi connectivity index (χ1n) is 8.69. The fraction of sp³-hybridized carbons (Fsp3) is 0.667. The van der Waals surface area contributed by atoms with Crippen LogP contribution < -0.4 is 20.3 Å². The lowest BCUT2D eigenvalue weighted by atomic mass is 10.1. The molecule has 2 N–H and O–H groups in total. The smallest absolute Gasteiger partial charge is 0.142 e. The van der Waals surface area contributed by atoms with Crippen molar-refractivity contribution in [2.24, 2.45) is 0 Å². The molecule has 1 aromatic carbocycles. The van der Waals surface area contributed by atoms with Gasteiger partial charge in [0.05, 0.1) is 12.3 Å². The Morgan fingerprint density at radius 2 is 2.14 bits per heavy atom. The van der Waals surface area contributed by atoms with Crippen molar-refractivity contribution in [1.29, 1.82) is 0 Å². The third-order valence-electron chi connectivity index (χ3n) is 4.27. The lowest BCUT2D eigenvalue weighted by molar-refractivity contribution is 0.340. The highest BCUT2D eigenvalue weighted by Gasteiger charge is 2.15. The molecule has 0 amide bonds. The van der Waals surface area contributed by atoms with Crippen LogP contribution in [0.25, 0.3) is 0 Å². The standard InChI is InChI=1S/C18H31N3O/c1-4-15(3)20-14-16-7-8-17(18(13-16)22-5-2)21-11-6-9-19-10-12-21/h7-8,13,15,19-20H,4-6,9-12,14H2,1-3H3. The van der Waals surface area contributed by atoms with Gasteiger partial charge >= 0.3 is 0 Å². The molecule has 0 radical (unpaired) electrons. The van der Waals surface area contributed by atoms with Crippen molar-refractivity contribution in [2.75, 3.05) is 37.7 Å². The minimum atomic E-state index is 0.548. The van der Waals surface area contributed by atoms with Crippen molar-refractivity contribution in [3.05, 3.63) is 23.8 Å². The molecule has 22 heavy (non-hydrogen) atoms. The Morgan fingerprint density at radius 3 is 2.91 bits per heavy atom. The summed E-state index contributed by atoms with van der Waals surface area (Å²) in [5.74, 6) is 1.02. The zero-order valence-corrected chi connectivity index (χ0v) is 14.3. The molecule has 1 saturated heterocycles. The third kappa shape index (κ3) is 4.89. The van der Waals surface area contributed by atoms with E-state index >= 15 is 0 Å². The second kappa shape index (κ2) is 9.01. The van der Waals surface area contributed by atoms with Crippen LogP contribution in [0.3, 0.4) is 0 Å². The maximum Gasteiger partial charge on any atom is 0.142 e. The molecule has 4 heteroatoms. The van der Waals surface area contributed by atoms with E-state index in [2.05, 4.69) is 54.5 Å². The average molecular weight is 305 g/mol. The Hall–Kier alpha value is -1.26. The van der Waals surface area contributed by atoms with Gasteiger partial charge in [0.25, 0.3) is 0 Å². The van der Waals surface area contributed by atoms with Crippen LogP contribution in [0.4, 0.5) is 5.69 Å². The highest BCUT2D eigenvalue weighted by Crippen LogP contribution is 2.30. The first-order valence-corrected chi connectivity index (χ1v) is 8.69. The van der Waals surface area contributed by atoms with E-state index in [1.807, 2.05) is 0 Å².